The summed E-state index contributed by atoms with van der Waals surface area (Å²) in [7, 11) is 0. The van der Waals surface area contributed by atoms with Crippen LogP contribution in [0.1, 0.15) is 17.5 Å². The highest BCUT2D eigenvalue weighted by molar-refractivity contribution is 5.76. The molecule has 1 amide bonds. The van der Waals surface area contributed by atoms with Crippen LogP contribution in [0.25, 0.3) is 0 Å². The second-order valence-electron chi connectivity index (χ2n) is 4.81. The highest BCUT2D eigenvalue weighted by atomic mass is 16.1. The van der Waals surface area contributed by atoms with E-state index in [9.17, 15) is 4.79 Å². The molecule has 0 radical (unpaired) electrons. The lowest BCUT2D eigenvalue weighted by molar-refractivity contribution is -0.121. The molecule has 0 aromatic heterocycles. The summed E-state index contributed by atoms with van der Waals surface area (Å²) >= 11 is 0. The quantitative estimate of drug-likeness (QED) is 0.802. The molecule has 1 aromatic rings. The zero-order valence-electron chi connectivity index (χ0n) is 10.3. The molecule has 1 aliphatic rings. The molecule has 2 N–H and O–H groups in total. The van der Waals surface area contributed by atoms with Crippen LogP contribution in [0.15, 0.2) is 24.3 Å². The molecule has 1 aliphatic heterocycles. The molecule has 0 aliphatic carbocycles. The Morgan fingerprint density at radius 2 is 2.06 bits per heavy atom. The average molecular weight is 232 g/mol. The average Bonchev–Trinajstić information content (AvgIpc) is 2.26. The summed E-state index contributed by atoms with van der Waals surface area (Å²) in [5.41, 5.74) is 2.49. The fourth-order valence-electron chi connectivity index (χ4n) is 1.85. The molecular formula is C14H20N2O. The van der Waals surface area contributed by atoms with Gasteiger partial charge < -0.3 is 10.6 Å². The number of amides is 1. The third-order valence-corrected chi connectivity index (χ3v) is 3.22. The van der Waals surface area contributed by atoms with E-state index < -0.39 is 0 Å². The van der Waals surface area contributed by atoms with Gasteiger partial charge in [0.05, 0.1) is 0 Å². The van der Waals surface area contributed by atoms with Crippen molar-refractivity contribution in [1.29, 1.82) is 0 Å². The number of hydrogen-bond donors (Lipinski definition) is 2. The SMILES string of the molecule is Cc1ccc(CCC(=O)NCC2CNC2)cc1. The Bertz CT molecular complexity index is 368. The molecule has 2 rings (SSSR count). The van der Waals surface area contributed by atoms with Crippen molar-refractivity contribution >= 4 is 5.91 Å². The first kappa shape index (κ1) is 12.1. The molecule has 0 spiro atoms. The van der Waals surface area contributed by atoms with Crippen LogP contribution in [-0.4, -0.2) is 25.5 Å². The maximum Gasteiger partial charge on any atom is 0.220 e. The predicted molar refractivity (Wildman–Crippen MR) is 68.9 cm³/mol. The van der Waals surface area contributed by atoms with E-state index in [0.717, 1.165) is 26.1 Å². The summed E-state index contributed by atoms with van der Waals surface area (Å²) in [4.78, 5) is 11.6. The molecule has 1 saturated heterocycles. The largest absolute Gasteiger partial charge is 0.356 e. The van der Waals surface area contributed by atoms with Crippen LogP contribution in [0.4, 0.5) is 0 Å². The van der Waals surface area contributed by atoms with Crippen molar-refractivity contribution in [3.8, 4) is 0 Å². The number of carbonyl (C=O) groups excluding carboxylic acids is 1. The number of nitrogens with one attached hydrogen (secondary N) is 2. The van der Waals surface area contributed by atoms with Crippen LogP contribution in [0, 0.1) is 12.8 Å². The van der Waals surface area contributed by atoms with Gasteiger partial charge in [-0.3, -0.25) is 4.79 Å². The van der Waals surface area contributed by atoms with Crippen LogP contribution >= 0.6 is 0 Å². The third-order valence-electron chi connectivity index (χ3n) is 3.22. The van der Waals surface area contributed by atoms with E-state index in [2.05, 4.69) is 41.8 Å². The first-order valence-electron chi connectivity index (χ1n) is 6.27. The molecule has 0 bridgehead atoms. The number of aryl methyl sites for hydroxylation is 2. The van der Waals surface area contributed by atoms with E-state index in [1.165, 1.54) is 11.1 Å². The minimum Gasteiger partial charge on any atom is -0.356 e. The van der Waals surface area contributed by atoms with Gasteiger partial charge in [-0.25, -0.2) is 0 Å². The standard InChI is InChI=1S/C14H20N2O/c1-11-2-4-12(5-3-11)6-7-14(17)16-10-13-8-15-9-13/h2-5,13,15H,6-10H2,1H3,(H,16,17). The first-order valence-corrected chi connectivity index (χ1v) is 6.27. The maximum absolute atomic E-state index is 11.6. The zero-order valence-corrected chi connectivity index (χ0v) is 10.3. The molecule has 1 fully saturated rings. The Labute approximate surface area is 103 Å². The van der Waals surface area contributed by atoms with Gasteiger partial charge in [0.25, 0.3) is 0 Å². The van der Waals surface area contributed by atoms with Crippen LogP contribution in [-0.2, 0) is 11.2 Å². The second-order valence-corrected chi connectivity index (χ2v) is 4.81. The smallest absolute Gasteiger partial charge is 0.220 e. The fourth-order valence-corrected chi connectivity index (χ4v) is 1.85. The van der Waals surface area contributed by atoms with E-state index in [1.807, 2.05) is 0 Å². The maximum atomic E-state index is 11.6. The molecule has 3 nitrogen and oxygen atoms in total. The summed E-state index contributed by atoms with van der Waals surface area (Å²) in [5.74, 6) is 0.802. The highest BCUT2D eigenvalue weighted by Crippen LogP contribution is 2.06. The van der Waals surface area contributed by atoms with Gasteiger partial charge in [-0.1, -0.05) is 29.8 Å². The molecular weight excluding hydrogens is 212 g/mol. The van der Waals surface area contributed by atoms with Gasteiger partial charge in [-0.2, -0.15) is 0 Å². The topological polar surface area (TPSA) is 41.1 Å². The Balaban J connectivity index is 1.66. The highest BCUT2D eigenvalue weighted by Gasteiger charge is 2.16. The molecule has 1 heterocycles. The second kappa shape index (κ2) is 5.82. The van der Waals surface area contributed by atoms with Crippen LogP contribution in [0.2, 0.25) is 0 Å². The van der Waals surface area contributed by atoms with E-state index in [4.69, 9.17) is 0 Å². The lowest BCUT2D eigenvalue weighted by atomic mass is 10.0. The van der Waals surface area contributed by atoms with Gasteiger partial charge in [0.2, 0.25) is 5.91 Å². The molecule has 3 heteroatoms. The summed E-state index contributed by atoms with van der Waals surface area (Å²) in [5, 5.41) is 6.18. The van der Waals surface area contributed by atoms with E-state index in [-0.39, 0.29) is 5.91 Å². The van der Waals surface area contributed by atoms with Crippen LogP contribution in [0.5, 0.6) is 0 Å². The molecule has 17 heavy (non-hydrogen) atoms. The molecule has 1 aromatic carbocycles. The van der Waals surface area contributed by atoms with E-state index >= 15 is 0 Å². The summed E-state index contributed by atoms with van der Waals surface area (Å²) in [6, 6.07) is 8.37. The minimum absolute atomic E-state index is 0.164. The van der Waals surface area contributed by atoms with Crippen LogP contribution in [0.3, 0.4) is 0 Å². The van der Waals surface area contributed by atoms with Gasteiger partial charge in [-0.05, 0) is 18.9 Å². The van der Waals surface area contributed by atoms with Crippen molar-refractivity contribution in [3.05, 3.63) is 35.4 Å². The minimum atomic E-state index is 0.164. The normalized spacial score (nSPS) is 15.4. The van der Waals surface area contributed by atoms with Crippen molar-refractivity contribution in [3.63, 3.8) is 0 Å². The Kier molecular flexibility index (Phi) is 4.15. The number of benzene rings is 1. The van der Waals surface area contributed by atoms with E-state index in [1.54, 1.807) is 0 Å². The monoisotopic (exact) mass is 232 g/mol. The van der Waals surface area contributed by atoms with Crippen molar-refractivity contribution in [1.82, 2.24) is 10.6 Å². The van der Waals surface area contributed by atoms with Crippen molar-refractivity contribution in [2.45, 2.75) is 19.8 Å². The predicted octanol–water partition coefficient (Wildman–Crippen LogP) is 1.26. The lowest BCUT2D eigenvalue weighted by Crippen LogP contribution is -2.48. The van der Waals surface area contributed by atoms with Crippen molar-refractivity contribution < 1.29 is 4.79 Å². The number of rotatable bonds is 5. The number of hydrogen-bond acceptors (Lipinski definition) is 2. The fraction of sp³-hybridized carbons (Fsp3) is 0.500. The Morgan fingerprint density at radius 3 is 2.65 bits per heavy atom. The molecule has 0 unspecified atom stereocenters. The van der Waals surface area contributed by atoms with Gasteiger partial charge in [-0.15, -0.1) is 0 Å². The Morgan fingerprint density at radius 1 is 1.35 bits per heavy atom. The molecule has 92 valence electrons. The number of carbonyl (C=O) groups is 1. The van der Waals surface area contributed by atoms with Gasteiger partial charge >= 0.3 is 0 Å². The lowest BCUT2D eigenvalue weighted by Gasteiger charge is -2.27. The van der Waals surface area contributed by atoms with Crippen molar-refractivity contribution in [2.24, 2.45) is 5.92 Å². The van der Waals surface area contributed by atoms with E-state index in [0.29, 0.717) is 12.3 Å². The summed E-state index contributed by atoms with van der Waals surface area (Å²) in [6.45, 7) is 4.97. The molecule has 0 saturated carbocycles. The Hall–Kier alpha value is -1.35. The van der Waals surface area contributed by atoms with Gasteiger partial charge in [0.1, 0.15) is 0 Å². The third kappa shape index (κ3) is 3.86. The molecule has 0 atom stereocenters. The van der Waals surface area contributed by atoms with Crippen LogP contribution < -0.4 is 10.6 Å². The first-order chi connectivity index (χ1) is 8.24. The van der Waals surface area contributed by atoms with Crippen molar-refractivity contribution in [2.75, 3.05) is 19.6 Å². The zero-order chi connectivity index (χ0) is 12.1. The van der Waals surface area contributed by atoms with Gasteiger partial charge in [0, 0.05) is 32.0 Å². The van der Waals surface area contributed by atoms with Gasteiger partial charge in [0.15, 0.2) is 0 Å². The summed E-state index contributed by atoms with van der Waals surface area (Å²) < 4.78 is 0. The summed E-state index contributed by atoms with van der Waals surface area (Å²) in [6.07, 6.45) is 1.41.